The Morgan fingerprint density at radius 1 is 0.905 bits per heavy atom. The van der Waals surface area contributed by atoms with Crippen LogP contribution in [0.25, 0.3) is 0 Å². The quantitative estimate of drug-likeness (QED) is 0.880. The van der Waals surface area contributed by atoms with Crippen LogP contribution in [0.4, 0.5) is 4.39 Å². The minimum absolute atomic E-state index is 0.268. The fourth-order valence-corrected chi connectivity index (χ4v) is 2.61. The zero-order valence-corrected chi connectivity index (χ0v) is 12.7. The van der Waals surface area contributed by atoms with E-state index in [-0.39, 0.29) is 19.0 Å². The van der Waals surface area contributed by atoms with Gasteiger partial charge in [0.25, 0.3) is 0 Å². The van der Waals surface area contributed by atoms with Crippen molar-refractivity contribution in [3.8, 4) is 0 Å². The van der Waals surface area contributed by atoms with Gasteiger partial charge >= 0.3 is 0 Å². The summed E-state index contributed by atoms with van der Waals surface area (Å²) in [6.45, 7) is -0.537. The summed E-state index contributed by atoms with van der Waals surface area (Å²) in [5.41, 5.74) is 0.599. The average Bonchev–Trinajstić information content (AvgIpc) is 2.49. The van der Waals surface area contributed by atoms with Crippen molar-refractivity contribution in [2.75, 3.05) is 13.2 Å². The standard InChI is InChI=1S/C16H15Cl2FO2/c17-14-6-1-11(7-15(14)18)8-16(9-20,10-21)12-2-4-13(19)5-3-12/h1-7,20-21H,8-10H2. The van der Waals surface area contributed by atoms with E-state index in [4.69, 9.17) is 23.2 Å². The minimum atomic E-state index is -0.898. The van der Waals surface area contributed by atoms with Gasteiger partial charge in [0.2, 0.25) is 0 Å². The molecule has 2 aromatic rings. The molecule has 0 atom stereocenters. The summed E-state index contributed by atoms with van der Waals surface area (Å²) in [7, 11) is 0. The van der Waals surface area contributed by atoms with Gasteiger partial charge < -0.3 is 10.2 Å². The van der Waals surface area contributed by atoms with Crippen LogP contribution < -0.4 is 0 Å². The van der Waals surface area contributed by atoms with E-state index in [9.17, 15) is 14.6 Å². The Morgan fingerprint density at radius 3 is 2.05 bits per heavy atom. The SMILES string of the molecule is OCC(CO)(Cc1ccc(Cl)c(Cl)c1)c1ccc(F)cc1. The maximum atomic E-state index is 13.0. The van der Waals surface area contributed by atoms with Crippen molar-refractivity contribution in [2.24, 2.45) is 0 Å². The molecule has 2 N–H and O–H groups in total. The van der Waals surface area contributed by atoms with Gasteiger partial charge in [-0.1, -0.05) is 41.4 Å². The summed E-state index contributed by atoms with van der Waals surface area (Å²) in [4.78, 5) is 0. The number of aliphatic hydroxyl groups excluding tert-OH is 2. The summed E-state index contributed by atoms with van der Waals surface area (Å²) >= 11 is 11.9. The van der Waals surface area contributed by atoms with E-state index < -0.39 is 5.41 Å². The van der Waals surface area contributed by atoms with Crippen molar-refractivity contribution in [3.05, 3.63) is 69.5 Å². The predicted molar refractivity (Wildman–Crippen MR) is 82.4 cm³/mol. The molecule has 0 aliphatic carbocycles. The van der Waals surface area contributed by atoms with Gasteiger partial charge in [-0.3, -0.25) is 0 Å². The molecule has 0 saturated heterocycles. The van der Waals surface area contributed by atoms with Crippen LogP contribution >= 0.6 is 23.2 Å². The van der Waals surface area contributed by atoms with E-state index >= 15 is 0 Å². The number of halogens is 3. The van der Waals surface area contributed by atoms with Crippen LogP contribution in [-0.4, -0.2) is 23.4 Å². The maximum absolute atomic E-state index is 13.0. The Hall–Kier alpha value is -1.13. The number of hydrogen-bond acceptors (Lipinski definition) is 2. The van der Waals surface area contributed by atoms with Gasteiger partial charge in [0.1, 0.15) is 5.82 Å². The molecule has 0 unspecified atom stereocenters. The highest BCUT2D eigenvalue weighted by Crippen LogP contribution is 2.31. The molecular formula is C16H15Cl2FO2. The Bertz CT molecular complexity index is 610. The summed E-state index contributed by atoms with van der Waals surface area (Å²) in [6, 6.07) is 10.9. The Balaban J connectivity index is 2.37. The highest BCUT2D eigenvalue weighted by molar-refractivity contribution is 6.42. The topological polar surface area (TPSA) is 40.5 Å². The number of aliphatic hydroxyl groups is 2. The van der Waals surface area contributed by atoms with Crippen LogP contribution in [0.5, 0.6) is 0 Å². The molecule has 0 saturated carbocycles. The Kier molecular flexibility index (Phi) is 5.22. The van der Waals surface area contributed by atoms with Crippen molar-refractivity contribution in [3.63, 3.8) is 0 Å². The van der Waals surface area contributed by atoms with Crippen molar-refractivity contribution in [1.29, 1.82) is 0 Å². The molecule has 2 aromatic carbocycles. The number of benzene rings is 2. The van der Waals surface area contributed by atoms with Gasteiger partial charge in [-0.15, -0.1) is 0 Å². The summed E-state index contributed by atoms with van der Waals surface area (Å²) in [6.07, 6.45) is 0.364. The maximum Gasteiger partial charge on any atom is 0.123 e. The Morgan fingerprint density at radius 2 is 1.52 bits per heavy atom. The molecule has 0 aromatic heterocycles. The highest BCUT2D eigenvalue weighted by Gasteiger charge is 2.31. The molecule has 112 valence electrons. The van der Waals surface area contributed by atoms with E-state index in [0.29, 0.717) is 22.0 Å². The van der Waals surface area contributed by atoms with E-state index in [2.05, 4.69) is 0 Å². The molecule has 0 radical (unpaired) electrons. The average molecular weight is 329 g/mol. The van der Waals surface area contributed by atoms with Gasteiger partial charge in [-0.25, -0.2) is 4.39 Å². The molecule has 0 amide bonds. The minimum Gasteiger partial charge on any atom is -0.395 e. The normalized spacial score (nSPS) is 11.7. The molecular weight excluding hydrogens is 314 g/mol. The van der Waals surface area contributed by atoms with Crippen LogP contribution in [0.2, 0.25) is 10.0 Å². The first-order chi connectivity index (χ1) is 10.0. The monoisotopic (exact) mass is 328 g/mol. The third-order valence-electron chi connectivity index (χ3n) is 3.59. The zero-order chi connectivity index (χ0) is 15.5. The molecule has 2 rings (SSSR count). The van der Waals surface area contributed by atoms with Crippen LogP contribution in [0.15, 0.2) is 42.5 Å². The fraction of sp³-hybridized carbons (Fsp3) is 0.250. The van der Waals surface area contributed by atoms with Crippen molar-refractivity contribution in [1.82, 2.24) is 0 Å². The number of rotatable bonds is 5. The van der Waals surface area contributed by atoms with Gasteiger partial charge in [0.15, 0.2) is 0 Å². The van der Waals surface area contributed by atoms with E-state index in [1.54, 1.807) is 30.3 Å². The zero-order valence-electron chi connectivity index (χ0n) is 11.2. The first-order valence-electron chi connectivity index (χ1n) is 6.42. The third-order valence-corrected chi connectivity index (χ3v) is 4.33. The van der Waals surface area contributed by atoms with Crippen LogP contribution in [0.1, 0.15) is 11.1 Å². The second-order valence-corrected chi connectivity index (χ2v) is 5.84. The second-order valence-electron chi connectivity index (χ2n) is 5.03. The molecule has 5 heteroatoms. The molecule has 0 bridgehead atoms. The smallest absolute Gasteiger partial charge is 0.123 e. The molecule has 0 aliphatic heterocycles. The van der Waals surface area contributed by atoms with Crippen LogP contribution in [-0.2, 0) is 11.8 Å². The summed E-state index contributed by atoms with van der Waals surface area (Å²) < 4.78 is 13.0. The first-order valence-corrected chi connectivity index (χ1v) is 7.18. The van der Waals surface area contributed by atoms with Crippen molar-refractivity contribution >= 4 is 23.2 Å². The lowest BCUT2D eigenvalue weighted by Gasteiger charge is -2.30. The lowest BCUT2D eigenvalue weighted by molar-refractivity contribution is 0.116. The summed E-state index contributed by atoms with van der Waals surface area (Å²) in [5.74, 6) is -0.363. The van der Waals surface area contributed by atoms with E-state index in [0.717, 1.165) is 5.56 Å². The lowest BCUT2D eigenvalue weighted by Crippen LogP contribution is -2.37. The van der Waals surface area contributed by atoms with Crippen LogP contribution in [0.3, 0.4) is 0 Å². The van der Waals surface area contributed by atoms with Crippen LogP contribution in [0, 0.1) is 5.82 Å². The summed E-state index contributed by atoms with van der Waals surface area (Å²) in [5, 5.41) is 20.4. The lowest BCUT2D eigenvalue weighted by atomic mass is 9.77. The van der Waals surface area contributed by atoms with Gasteiger partial charge in [0, 0.05) is 5.41 Å². The van der Waals surface area contributed by atoms with Crippen molar-refractivity contribution in [2.45, 2.75) is 11.8 Å². The molecule has 0 spiro atoms. The van der Waals surface area contributed by atoms with E-state index in [1.165, 1.54) is 12.1 Å². The molecule has 0 aliphatic rings. The Labute approximate surface area is 132 Å². The molecule has 0 heterocycles. The second kappa shape index (κ2) is 6.75. The van der Waals surface area contributed by atoms with Crippen molar-refractivity contribution < 1.29 is 14.6 Å². The largest absolute Gasteiger partial charge is 0.395 e. The van der Waals surface area contributed by atoms with Gasteiger partial charge in [-0.05, 0) is 41.8 Å². The fourth-order valence-electron chi connectivity index (χ4n) is 2.29. The first kappa shape index (κ1) is 16.2. The third kappa shape index (κ3) is 3.55. The van der Waals surface area contributed by atoms with E-state index in [1.807, 2.05) is 0 Å². The molecule has 21 heavy (non-hydrogen) atoms. The predicted octanol–water partition coefficient (Wildman–Crippen LogP) is 3.60. The number of hydrogen-bond donors (Lipinski definition) is 2. The molecule has 2 nitrogen and oxygen atoms in total. The highest BCUT2D eigenvalue weighted by atomic mass is 35.5. The van der Waals surface area contributed by atoms with Gasteiger partial charge in [-0.2, -0.15) is 0 Å². The molecule has 0 fully saturated rings. The van der Waals surface area contributed by atoms with Gasteiger partial charge in [0.05, 0.1) is 23.3 Å².